The molecule has 2 bridgehead atoms. The van der Waals surface area contributed by atoms with Crippen LogP contribution >= 0.6 is 0 Å². The molecule has 2 heterocycles. The second kappa shape index (κ2) is 5.51. The Morgan fingerprint density at radius 2 is 2.11 bits per heavy atom. The number of aryl methyl sites for hydroxylation is 1. The van der Waals surface area contributed by atoms with E-state index in [0.29, 0.717) is 6.04 Å². The van der Waals surface area contributed by atoms with Crippen molar-refractivity contribution in [2.75, 3.05) is 20.2 Å². The zero-order valence-electron chi connectivity index (χ0n) is 12.0. The summed E-state index contributed by atoms with van der Waals surface area (Å²) >= 11 is 0. The van der Waals surface area contributed by atoms with E-state index in [1.54, 1.807) is 7.11 Å². The summed E-state index contributed by atoms with van der Waals surface area (Å²) in [6.07, 6.45) is 3.99. The van der Waals surface area contributed by atoms with Gasteiger partial charge in [0.25, 0.3) is 0 Å². The Balaban J connectivity index is 1.72. The van der Waals surface area contributed by atoms with E-state index in [9.17, 15) is 0 Å². The molecule has 2 aliphatic rings. The van der Waals surface area contributed by atoms with Gasteiger partial charge in [-0.15, -0.1) is 0 Å². The maximum absolute atomic E-state index is 5.49. The highest BCUT2D eigenvalue weighted by Crippen LogP contribution is 2.25. The van der Waals surface area contributed by atoms with Crippen LogP contribution in [0.1, 0.15) is 30.4 Å². The first-order valence-corrected chi connectivity index (χ1v) is 7.36. The molecule has 2 fully saturated rings. The molecule has 0 aliphatic carbocycles. The van der Waals surface area contributed by atoms with Crippen molar-refractivity contribution < 1.29 is 4.74 Å². The van der Waals surface area contributed by atoms with Crippen molar-refractivity contribution in [3.8, 4) is 5.75 Å². The number of ether oxygens (including phenoxy) is 1. The minimum atomic E-state index is 0.698. The molecule has 0 saturated carbocycles. The number of hydrogen-bond acceptors (Lipinski definition) is 3. The highest BCUT2D eigenvalue weighted by atomic mass is 16.5. The smallest absolute Gasteiger partial charge is 0.123 e. The molecule has 1 aromatic rings. The SMILES string of the molecule is COc1ccc(C)cc1CN1CCC2CCC(C1)N2. The Bertz CT molecular complexity index is 446. The molecule has 1 N–H and O–H groups in total. The van der Waals surface area contributed by atoms with Crippen LogP contribution in [-0.4, -0.2) is 37.2 Å². The van der Waals surface area contributed by atoms with E-state index >= 15 is 0 Å². The minimum absolute atomic E-state index is 0.698. The molecule has 1 aromatic carbocycles. The fourth-order valence-corrected chi connectivity index (χ4v) is 3.43. The van der Waals surface area contributed by atoms with Gasteiger partial charge < -0.3 is 10.1 Å². The van der Waals surface area contributed by atoms with Gasteiger partial charge in [0.2, 0.25) is 0 Å². The number of nitrogens with one attached hydrogen (secondary N) is 1. The molecule has 2 saturated heterocycles. The van der Waals surface area contributed by atoms with Crippen molar-refractivity contribution in [3.63, 3.8) is 0 Å². The Morgan fingerprint density at radius 1 is 1.26 bits per heavy atom. The second-order valence-electron chi connectivity index (χ2n) is 5.98. The topological polar surface area (TPSA) is 24.5 Å². The van der Waals surface area contributed by atoms with Gasteiger partial charge in [0.05, 0.1) is 7.11 Å². The first-order valence-electron chi connectivity index (χ1n) is 7.36. The van der Waals surface area contributed by atoms with Gasteiger partial charge in [-0.25, -0.2) is 0 Å². The number of fused-ring (bicyclic) bond motifs is 2. The summed E-state index contributed by atoms with van der Waals surface area (Å²) in [5.41, 5.74) is 2.63. The van der Waals surface area contributed by atoms with Crippen LogP contribution in [0.3, 0.4) is 0 Å². The summed E-state index contributed by atoms with van der Waals surface area (Å²) in [6.45, 7) is 5.53. The molecule has 3 rings (SSSR count). The quantitative estimate of drug-likeness (QED) is 0.902. The molecule has 0 spiro atoms. The van der Waals surface area contributed by atoms with Gasteiger partial charge in [-0.1, -0.05) is 17.7 Å². The lowest BCUT2D eigenvalue weighted by Crippen LogP contribution is -2.35. The number of benzene rings is 1. The minimum Gasteiger partial charge on any atom is -0.496 e. The van der Waals surface area contributed by atoms with Crippen molar-refractivity contribution in [2.45, 2.75) is 44.8 Å². The van der Waals surface area contributed by atoms with E-state index < -0.39 is 0 Å². The summed E-state index contributed by atoms with van der Waals surface area (Å²) in [7, 11) is 1.76. The predicted molar refractivity (Wildman–Crippen MR) is 77.6 cm³/mol. The molecule has 0 aromatic heterocycles. The maximum atomic E-state index is 5.49. The van der Waals surface area contributed by atoms with E-state index in [2.05, 4.69) is 35.3 Å². The number of hydrogen-bond donors (Lipinski definition) is 1. The van der Waals surface area contributed by atoms with Crippen molar-refractivity contribution in [1.82, 2.24) is 10.2 Å². The Morgan fingerprint density at radius 3 is 2.95 bits per heavy atom. The molecule has 2 aliphatic heterocycles. The van der Waals surface area contributed by atoms with Crippen LogP contribution in [0, 0.1) is 6.92 Å². The van der Waals surface area contributed by atoms with Gasteiger partial charge in [-0.05, 0) is 32.3 Å². The van der Waals surface area contributed by atoms with Crippen molar-refractivity contribution in [3.05, 3.63) is 29.3 Å². The number of likely N-dealkylation sites (tertiary alicyclic amines) is 1. The average Bonchev–Trinajstić information content (AvgIpc) is 2.73. The fourth-order valence-electron chi connectivity index (χ4n) is 3.43. The van der Waals surface area contributed by atoms with Crippen LogP contribution in [0.5, 0.6) is 5.75 Å². The maximum Gasteiger partial charge on any atom is 0.123 e. The van der Waals surface area contributed by atoms with Crippen molar-refractivity contribution >= 4 is 0 Å². The van der Waals surface area contributed by atoms with Crippen LogP contribution < -0.4 is 10.1 Å². The first-order chi connectivity index (χ1) is 9.24. The summed E-state index contributed by atoms with van der Waals surface area (Å²) in [4.78, 5) is 2.58. The van der Waals surface area contributed by atoms with Gasteiger partial charge in [0.1, 0.15) is 5.75 Å². The lowest BCUT2D eigenvalue weighted by molar-refractivity contribution is 0.247. The molecule has 0 radical (unpaired) electrons. The van der Waals surface area contributed by atoms with Gasteiger partial charge in [-0.2, -0.15) is 0 Å². The third-order valence-electron chi connectivity index (χ3n) is 4.44. The molecule has 104 valence electrons. The summed E-state index contributed by atoms with van der Waals surface area (Å²) < 4.78 is 5.49. The average molecular weight is 260 g/mol. The van der Waals surface area contributed by atoms with Gasteiger partial charge in [-0.3, -0.25) is 4.90 Å². The molecule has 2 unspecified atom stereocenters. The van der Waals surface area contributed by atoms with E-state index in [1.165, 1.54) is 43.5 Å². The summed E-state index contributed by atoms with van der Waals surface area (Å²) in [5.74, 6) is 1.02. The Kier molecular flexibility index (Phi) is 3.76. The zero-order chi connectivity index (χ0) is 13.2. The third-order valence-corrected chi connectivity index (χ3v) is 4.44. The predicted octanol–water partition coefficient (Wildman–Crippen LogP) is 2.33. The zero-order valence-corrected chi connectivity index (χ0v) is 12.0. The third kappa shape index (κ3) is 2.93. The number of rotatable bonds is 3. The van der Waals surface area contributed by atoms with Crippen LogP contribution in [0.15, 0.2) is 18.2 Å². The summed E-state index contributed by atoms with van der Waals surface area (Å²) in [6, 6.07) is 7.93. The van der Waals surface area contributed by atoms with Crippen LogP contribution in [-0.2, 0) is 6.54 Å². The Hall–Kier alpha value is -1.06. The first kappa shape index (κ1) is 12.9. The molecular formula is C16H24N2O. The number of nitrogens with zero attached hydrogens (tertiary/aromatic N) is 1. The van der Waals surface area contributed by atoms with E-state index in [-0.39, 0.29) is 0 Å². The fraction of sp³-hybridized carbons (Fsp3) is 0.625. The highest BCUT2D eigenvalue weighted by molar-refractivity contribution is 5.36. The molecular weight excluding hydrogens is 236 g/mol. The van der Waals surface area contributed by atoms with E-state index in [1.807, 2.05) is 0 Å². The highest BCUT2D eigenvalue weighted by Gasteiger charge is 2.29. The van der Waals surface area contributed by atoms with Crippen molar-refractivity contribution in [1.29, 1.82) is 0 Å². The molecule has 19 heavy (non-hydrogen) atoms. The second-order valence-corrected chi connectivity index (χ2v) is 5.98. The van der Waals surface area contributed by atoms with Gasteiger partial charge in [0, 0.05) is 37.3 Å². The van der Waals surface area contributed by atoms with E-state index in [0.717, 1.165) is 18.3 Å². The molecule has 3 nitrogen and oxygen atoms in total. The summed E-state index contributed by atoms with van der Waals surface area (Å²) in [5, 5.41) is 3.74. The normalized spacial score (nSPS) is 27.3. The molecule has 2 atom stereocenters. The largest absolute Gasteiger partial charge is 0.496 e. The number of methoxy groups -OCH3 is 1. The lowest BCUT2D eigenvalue weighted by atomic mass is 10.1. The molecule has 3 heteroatoms. The van der Waals surface area contributed by atoms with Crippen LogP contribution in [0.4, 0.5) is 0 Å². The van der Waals surface area contributed by atoms with Crippen molar-refractivity contribution in [2.24, 2.45) is 0 Å². The lowest BCUT2D eigenvalue weighted by Gasteiger charge is -2.25. The van der Waals surface area contributed by atoms with E-state index in [4.69, 9.17) is 4.74 Å². The van der Waals surface area contributed by atoms with Crippen LogP contribution in [0.25, 0.3) is 0 Å². The van der Waals surface area contributed by atoms with Gasteiger partial charge >= 0.3 is 0 Å². The van der Waals surface area contributed by atoms with Gasteiger partial charge in [0.15, 0.2) is 0 Å². The standard InChI is InChI=1S/C16H24N2O/c1-12-3-6-16(19-2)13(9-12)10-18-8-7-14-4-5-15(11-18)17-14/h3,6,9,14-15,17H,4-5,7-8,10-11H2,1-2H3. The monoisotopic (exact) mass is 260 g/mol. The Labute approximate surface area is 115 Å². The van der Waals surface area contributed by atoms with Crippen LogP contribution in [0.2, 0.25) is 0 Å². The molecule has 0 amide bonds.